The summed E-state index contributed by atoms with van der Waals surface area (Å²) in [5.74, 6) is 3.12. The summed E-state index contributed by atoms with van der Waals surface area (Å²) in [6, 6.07) is 64.4. The molecule has 10 aromatic rings. The molecule has 7 aromatic carbocycles. The highest BCUT2D eigenvalue weighted by molar-refractivity contribution is 5.83. The van der Waals surface area contributed by atoms with Crippen molar-refractivity contribution in [3.63, 3.8) is 0 Å². The largest absolute Gasteiger partial charge is 0.237 e. The zero-order chi connectivity index (χ0) is 40.1. The van der Waals surface area contributed by atoms with Crippen molar-refractivity contribution in [1.82, 2.24) is 34.9 Å². The van der Waals surface area contributed by atoms with Crippen LogP contribution in [0.4, 0.5) is 0 Å². The van der Waals surface area contributed by atoms with Crippen LogP contribution in [0.15, 0.2) is 213 Å². The molecule has 0 spiro atoms. The number of aromatic nitrogens is 7. The van der Waals surface area contributed by atoms with Crippen molar-refractivity contribution in [2.75, 3.05) is 0 Å². The van der Waals surface area contributed by atoms with Gasteiger partial charge in [0.2, 0.25) is 0 Å². The van der Waals surface area contributed by atoms with Crippen molar-refractivity contribution in [2.45, 2.75) is 0 Å². The molecule has 7 nitrogen and oxygen atoms in total. The molecule has 0 radical (unpaired) electrons. The van der Waals surface area contributed by atoms with E-state index in [1.807, 2.05) is 54.6 Å². The summed E-state index contributed by atoms with van der Waals surface area (Å²) in [4.78, 5) is 33.4. The third kappa shape index (κ3) is 7.71. The number of hydrogen-bond donors (Lipinski definition) is 0. The van der Waals surface area contributed by atoms with Crippen LogP contribution in [0.25, 0.3) is 101 Å². The van der Waals surface area contributed by atoms with Crippen LogP contribution in [0, 0.1) is 0 Å². The van der Waals surface area contributed by atoms with E-state index in [0.717, 1.165) is 72.3 Å². The smallest absolute Gasteiger partial charge is 0.164 e. The maximum atomic E-state index is 5.29. The first-order chi connectivity index (χ1) is 29.7. The van der Waals surface area contributed by atoms with Gasteiger partial charge in [-0.25, -0.2) is 34.9 Å². The van der Waals surface area contributed by atoms with Crippen LogP contribution in [0.5, 0.6) is 0 Å². The Morgan fingerprint density at radius 3 is 0.783 bits per heavy atom. The second-order valence-electron chi connectivity index (χ2n) is 14.3. The monoisotopic (exact) mass is 769 g/mol. The average molecular weight is 770 g/mol. The molecule has 282 valence electrons. The fourth-order valence-electron chi connectivity index (χ4n) is 7.31. The molecule has 0 amide bonds. The van der Waals surface area contributed by atoms with Crippen molar-refractivity contribution in [3.05, 3.63) is 213 Å². The Morgan fingerprint density at radius 1 is 0.183 bits per heavy atom. The first-order valence-electron chi connectivity index (χ1n) is 19.7. The lowest BCUT2D eigenvalue weighted by atomic mass is 9.94. The molecule has 60 heavy (non-hydrogen) atoms. The maximum Gasteiger partial charge on any atom is 0.164 e. The predicted octanol–water partition coefficient (Wildman–Crippen LogP) is 12.5. The van der Waals surface area contributed by atoms with Crippen LogP contribution in [0.3, 0.4) is 0 Å². The topological polar surface area (TPSA) is 90.2 Å². The third-order valence-electron chi connectivity index (χ3n) is 10.3. The van der Waals surface area contributed by atoms with E-state index in [4.69, 9.17) is 15.0 Å². The zero-order valence-corrected chi connectivity index (χ0v) is 32.3. The normalized spacial score (nSPS) is 11.0. The SMILES string of the molecule is c1ccc(-c2cc(-c3ccc(-c4ncccn4)cc3)cc(-c3nc(-c4ccccc4)nc(-c4cc(-c5ccccc5)cc(-c5ccc(-c6ncccn6)cc5)c4)n3)c2)cc1. The quantitative estimate of drug-likeness (QED) is 0.144. The van der Waals surface area contributed by atoms with Gasteiger partial charge in [0, 0.05) is 52.6 Å². The highest BCUT2D eigenvalue weighted by atomic mass is 15.0. The molecule has 3 aromatic heterocycles. The molecule has 0 bridgehead atoms. The summed E-state index contributed by atoms with van der Waals surface area (Å²) in [7, 11) is 0. The molecule has 0 N–H and O–H groups in total. The number of hydrogen-bond acceptors (Lipinski definition) is 7. The van der Waals surface area contributed by atoms with Gasteiger partial charge in [0.1, 0.15) is 0 Å². The summed E-state index contributed by atoms with van der Waals surface area (Å²) in [5.41, 5.74) is 13.0. The highest BCUT2D eigenvalue weighted by Crippen LogP contribution is 2.36. The van der Waals surface area contributed by atoms with Gasteiger partial charge in [0.25, 0.3) is 0 Å². The van der Waals surface area contributed by atoms with Gasteiger partial charge in [-0.1, -0.05) is 140 Å². The molecular formula is C53H35N7. The fraction of sp³-hybridized carbons (Fsp3) is 0. The van der Waals surface area contributed by atoms with Crippen molar-refractivity contribution in [1.29, 1.82) is 0 Å². The molecule has 3 heterocycles. The van der Waals surface area contributed by atoms with Gasteiger partial charge in [-0.05, 0) is 93.0 Å². The summed E-state index contributed by atoms with van der Waals surface area (Å²) < 4.78 is 0. The summed E-state index contributed by atoms with van der Waals surface area (Å²) >= 11 is 0. The van der Waals surface area contributed by atoms with Gasteiger partial charge in [-0.2, -0.15) is 0 Å². The number of rotatable bonds is 9. The molecule has 10 rings (SSSR count). The van der Waals surface area contributed by atoms with Crippen LogP contribution in [0.2, 0.25) is 0 Å². The minimum Gasteiger partial charge on any atom is -0.237 e. The molecule has 0 aliphatic rings. The first-order valence-corrected chi connectivity index (χ1v) is 19.7. The van der Waals surface area contributed by atoms with Gasteiger partial charge in [-0.3, -0.25) is 0 Å². The maximum absolute atomic E-state index is 5.29. The van der Waals surface area contributed by atoms with Crippen molar-refractivity contribution < 1.29 is 0 Å². The second-order valence-corrected chi connectivity index (χ2v) is 14.3. The van der Waals surface area contributed by atoms with Crippen molar-refractivity contribution in [3.8, 4) is 101 Å². The summed E-state index contributed by atoms with van der Waals surface area (Å²) in [6.45, 7) is 0. The Balaban J connectivity index is 1.14. The number of benzene rings is 7. The molecule has 7 heteroatoms. The van der Waals surface area contributed by atoms with E-state index in [0.29, 0.717) is 29.1 Å². The molecule has 0 fully saturated rings. The second kappa shape index (κ2) is 16.3. The predicted molar refractivity (Wildman–Crippen MR) is 240 cm³/mol. The Labute approximate surface area is 347 Å². The third-order valence-corrected chi connectivity index (χ3v) is 10.3. The minimum absolute atomic E-state index is 0.575. The molecule has 0 saturated heterocycles. The zero-order valence-electron chi connectivity index (χ0n) is 32.3. The van der Waals surface area contributed by atoms with Gasteiger partial charge < -0.3 is 0 Å². The van der Waals surface area contributed by atoms with Crippen LogP contribution in [0.1, 0.15) is 0 Å². The van der Waals surface area contributed by atoms with Gasteiger partial charge >= 0.3 is 0 Å². The fourth-order valence-corrected chi connectivity index (χ4v) is 7.31. The highest BCUT2D eigenvalue weighted by Gasteiger charge is 2.17. The molecule has 0 saturated carbocycles. The molecule has 0 atom stereocenters. The molecule has 0 aliphatic carbocycles. The van der Waals surface area contributed by atoms with Gasteiger partial charge in [0.05, 0.1) is 0 Å². The summed E-state index contributed by atoms with van der Waals surface area (Å²) in [6.07, 6.45) is 7.04. The van der Waals surface area contributed by atoms with E-state index >= 15 is 0 Å². The van der Waals surface area contributed by atoms with Crippen molar-refractivity contribution in [2.24, 2.45) is 0 Å². The summed E-state index contributed by atoms with van der Waals surface area (Å²) in [5, 5.41) is 0. The molecule has 0 aliphatic heterocycles. The van der Waals surface area contributed by atoms with Crippen LogP contribution >= 0.6 is 0 Å². The standard InChI is InChI=1S/C53H35N7/c1-4-12-36(13-5-1)43-30-45(38-18-22-41(23-19-38)49-54-26-10-27-55-49)34-47(32-43)52-58-51(40-16-8-3-9-17-40)59-53(60-52)48-33-44(37-14-6-2-7-15-37)31-46(35-48)39-20-24-42(25-21-39)50-56-28-11-29-57-50/h1-35H. The van der Waals surface area contributed by atoms with Gasteiger partial charge in [0.15, 0.2) is 29.1 Å². The molecule has 0 unspecified atom stereocenters. The van der Waals surface area contributed by atoms with E-state index < -0.39 is 0 Å². The van der Waals surface area contributed by atoms with Crippen LogP contribution < -0.4 is 0 Å². The van der Waals surface area contributed by atoms with E-state index in [1.165, 1.54) is 0 Å². The Morgan fingerprint density at radius 2 is 0.433 bits per heavy atom. The van der Waals surface area contributed by atoms with Crippen molar-refractivity contribution >= 4 is 0 Å². The Hall–Kier alpha value is -8.29. The first kappa shape index (κ1) is 36.1. The lowest BCUT2D eigenvalue weighted by Crippen LogP contribution is -2.01. The lowest BCUT2D eigenvalue weighted by Gasteiger charge is -2.14. The van der Waals surface area contributed by atoms with E-state index in [9.17, 15) is 0 Å². The molecular weight excluding hydrogens is 735 g/mol. The Kier molecular flexibility index (Phi) is 9.79. The van der Waals surface area contributed by atoms with Gasteiger partial charge in [-0.15, -0.1) is 0 Å². The van der Waals surface area contributed by atoms with Crippen LogP contribution in [-0.2, 0) is 0 Å². The van der Waals surface area contributed by atoms with E-state index in [-0.39, 0.29) is 0 Å². The number of nitrogens with zero attached hydrogens (tertiary/aromatic N) is 7. The van der Waals surface area contributed by atoms with E-state index in [2.05, 4.69) is 153 Å². The van der Waals surface area contributed by atoms with E-state index in [1.54, 1.807) is 24.8 Å². The average Bonchev–Trinajstić information content (AvgIpc) is 3.35. The van der Waals surface area contributed by atoms with Crippen LogP contribution in [-0.4, -0.2) is 34.9 Å². The minimum atomic E-state index is 0.575. The Bertz CT molecular complexity index is 2850. The lowest BCUT2D eigenvalue weighted by molar-refractivity contribution is 1.07.